The summed E-state index contributed by atoms with van der Waals surface area (Å²) < 4.78 is 0. The highest BCUT2D eigenvalue weighted by Crippen LogP contribution is 2.27. The van der Waals surface area contributed by atoms with Gasteiger partial charge in [0, 0.05) is 16.8 Å². The number of nitrogens with two attached hydrogens (primary N) is 1. The van der Waals surface area contributed by atoms with E-state index in [1.807, 2.05) is 0 Å². The Balaban J connectivity index is 2.00. The van der Waals surface area contributed by atoms with Gasteiger partial charge >= 0.3 is 0 Å². The molecule has 3 N–H and O–H groups in total. The summed E-state index contributed by atoms with van der Waals surface area (Å²) in [5.74, 6) is 0.897. The molecule has 0 aliphatic heterocycles. The first-order valence-corrected chi connectivity index (χ1v) is 8.19. The van der Waals surface area contributed by atoms with Gasteiger partial charge < -0.3 is 16.0 Å². The molecular formula is C16H21Cl2N5. The van der Waals surface area contributed by atoms with Crippen molar-refractivity contribution < 1.29 is 0 Å². The molecule has 0 spiro atoms. The van der Waals surface area contributed by atoms with E-state index in [0.717, 1.165) is 31.4 Å². The Morgan fingerprint density at radius 2 is 2.00 bits per heavy atom. The number of unbranched alkanes of at least 4 members (excludes halogenated alkanes) is 1. The van der Waals surface area contributed by atoms with Crippen LogP contribution in [0.3, 0.4) is 0 Å². The lowest BCUT2D eigenvalue weighted by Gasteiger charge is -2.11. The van der Waals surface area contributed by atoms with Crippen molar-refractivity contribution in [1.82, 2.24) is 14.9 Å². The smallest absolute Gasteiger partial charge is 0.229 e. The largest absolute Gasteiger partial charge is 0.383 e. The zero-order chi connectivity index (χ0) is 16.8. The molecule has 1 heterocycles. The summed E-state index contributed by atoms with van der Waals surface area (Å²) in [6.45, 7) is 1.06. The summed E-state index contributed by atoms with van der Waals surface area (Å²) >= 11 is 12.1. The fourth-order valence-electron chi connectivity index (χ4n) is 2.13. The van der Waals surface area contributed by atoms with Gasteiger partial charge in [-0.05, 0) is 58.1 Å². The quantitative estimate of drug-likeness (QED) is 0.736. The number of aromatic nitrogens is 2. The zero-order valence-electron chi connectivity index (χ0n) is 13.3. The second-order valence-corrected chi connectivity index (χ2v) is 6.46. The minimum absolute atomic E-state index is 0.406. The molecule has 2 aromatic rings. The van der Waals surface area contributed by atoms with Crippen LogP contribution in [0.1, 0.15) is 18.4 Å². The van der Waals surface area contributed by atoms with E-state index < -0.39 is 0 Å². The van der Waals surface area contributed by atoms with E-state index in [0.29, 0.717) is 27.5 Å². The third kappa shape index (κ3) is 5.53. The van der Waals surface area contributed by atoms with Crippen LogP contribution in [-0.4, -0.2) is 35.5 Å². The van der Waals surface area contributed by atoms with Gasteiger partial charge in [0.15, 0.2) is 0 Å². The summed E-state index contributed by atoms with van der Waals surface area (Å²) in [4.78, 5) is 10.8. The highest BCUT2D eigenvalue weighted by molar-refractivity contribution is 6.35. The number of halogens is 2. The number of hydrogen-bond acceptors (Lipinski definition) is 5. The maximum absolute atomic E-state index is 6.12. The average molecular weight is 354 g/mol. The van der Waals surface area contributed by atoms with E-state index in [-0.39, 0.29) is 0 Å². The van der Waals surface area contributed by atoms with Crippen molar-refractivity contribution >= 4 is 40.7 Å². The maximum atomic E-state index is 6.12. The van der Waals surface area contributed by atoms with Crippen molar-refractivity contribution in [2.45, 2.75) is 19.3 Å². The van der Waals surface area contributed by atoms with Crippen LogP contribution in [0.25, 0.3) is 0 Å². The van der Waals surface area contributed by atoms with Gasteiger partial charge in [0.05, 0.1) is 10.7 Å². The first-order chi connectivity index (χ1) is 11.0. The molecule has 23 heavy (non-hydrogen) atoms. The molecule has 5 nitrogen and oxygen atoms in total. The molecule has 0 atom stereocenters. The van der Waals surface area contributed by atoms with Gasteiger partial charge in [0.25, 0.3) is 0 Å². The van der Waals surface area contributed by atoms with E-state index in [1.165, 1.54) is 0 Å². The van der Waals surface area contributed by atoms with Gasteiger partial charge in [-0.15, -0.1) is 0 Å². The molecule has 0 unspecified atom stereocenters. The number of nitrogens with one attached hydrogen (secondary N) is 1. The van der Waals surface area contributed by atoms with E-state index in [1.54, 1.807) is 24.4 Å². The highest BCUT2D eigenvalue weighted by atomic mass is 35.5. The molecule has 0 saturated carbocycles. The molecular weight excluding hydrogens is 333 g/mol. The Kier molecular flexibility index (Phi) is 6.45. The highest BCUT2D eigenvalue weighted by Gasteiger charge is 2.07. The van der Waals surface area contributed by atoms with Gasteiger partial charge in [0.2, 0.25) is 5.95 Å². The zero-order valence-corrected chi connectivity index (χ0v) is 14.8. The van der Waals surface area contributed by atoms with Crippen molar-refractivity contribution in [2.75, 3.05) is 31.7 Å². The van der Waals surface area contributed by atoms with Crippen molar-refractivity contribution in [2.24, 2.45) is 0 Å². The monoisotopic (exact) mass is 353 g/mol. The maximum Gasteiger partial charge on any atom is 0.229 e. The summed E-state index contributed by atoms with van der Waals surface area (Å²) in [5, 5.41) is 4.17. The minimum atomic E-state index is 0.406. The van der Waals surface area contributed by atoms with Crippen molar-refractivity contribution in [3.05, 3.63) is 40.0 Å². The van der Waals surface area contributed by atoms with Crippen LogP contribution in [0.5, 0.6) is 0 Å². The van der Waals surface area contributed by atoms with Crippen LogP contribution in [0.4, 0.5) is 17.5 Å². The van der Waals surface area contributed by atoms with Crippen molar-refractivity contribution in [3.63, 3.8) is 0 Å². The molecule has 0 amide bonds. The standard InChI is InChI=1S/C16H21Cl2N5/c1-23(2)8-4-3-5-11-10-20-16(22-15(11)19)21-14-9-12(17)6-7-13(14)18/h6-7,9-10H,3-5,8H2,1-2H3,(H3,19,20,21,22). The second-order valence-electron chi connectivity index (χ2n) is 5.61. The molecule has 2 rings (SSSR count). The second kappa shape index (κ2) is 8.34. The van der Waals surface area contributed by atoms with Crippen LogP contribution in [0, 0.1) is 0 Å². The minimum Gasteiger partial charge on any atom is -0.383 e. The molecule has 1 aromatic carbocycles. The average Bonchev–Trinajstić information content (AvgIpc) is 2.49. The number of nitrogens with zero attached hydrogens (tertiary/aromatic N) is 3. The number of nitrogen functional groups attached to an aromatic ring is 1. The number of benzene rings is 1. The van der Waals surface area contributed by atoms with Crippen LogP contribution >= 0.6 is 23.2 Å². The number of rotatable bonds is 7. The van der Waals surface area contributed by atoms with E-state index in [2.05, 4.69) is 34.3 Å². The summed E-state index contributed by atoms with van der Waals surface area (Å²) in [6, 6.07) is 5.16. The topological polar surface area (TPSA) is 67.1 Å². The van der Waals surface area contributed by atoms with Gasteiger partial charge in [0.1, 0.15) is 5.82 Å². The lowest BCUT2D eigenvalue weighted by Crippen LogP contribution is -2.13. The fraction of sp³-hybridized carbons (Fsp3) is 0.375. The van der Waals surface area contributed by atoms with Gasteiger partial charge in [-0.3, -0.25) is 0 Å². The van der Waals surface area contributed by atoms with Crippen LogP contribution < -0.4 is 11.1 Å². The summed E-state index contributed by atoms with van der Waals surface area (Å²) in [5.41, 5.74) is 7.64. The van der Waals surface area contributed by atoms with Crippen LogP contribution in [0.15, 0.2) is 24.4 Å². The fourth-order valence-corrected chi connectivity index (χ4v) is 2.47. The summed E-state index contributed by atoms with van der Waals surface area (Å²) in [6.07, 6.45) is 4.81. The predicted octanol–water partition coefficient (Wildman–Crippen LogP) is 3.99. The Labute approximate surface area is 146 Å². The van der Waals surface area contributed by atoms with E-state index in [9.17, 15) is 0 Å². The first kappa shape index (κ1) is 17.8. The number of anilines is 3. The molecule has 7 heteroatoms. The van der Waals surface area contributed by atoms with Gasteiger partial charge in [-0.2, -0.15) is 4.98 Å². The van der Waals surface area contributed by atoms with E-state index >= 15 is 0 Å². The molecule has 0 radical (unpaired) electrons. The Bertz CT molecular complexity index is 661. The lowest BCUT2D eigenvalue weighted by molar-refractivity contribution is 0.394. The van der Waals surface area contributed by atoms with Gasteiger partial charge in [-0.1, -0.05) is 23.2 Å². The molecule has 124 valence electrons. The molecule has 0 saturated heterocycles. The SMILES string of the molecule is CN(C)CCCCc1cnc(Nc2cc(Cl)ccc2Cl)nc1N. The van der Waals surface area contributed by atoms with Gasteiger partial charge in [-0.25, -0.2) is 4.98 Å². The normalized spacial score (nSPS) is 11.0. The van der Waals surface area contributed by atoms with E-state index in [4.69, 9.17) is 28.9 Å². The number of hydrogen-bond donors (Lipinski definition) is 2. The third-order valence-corrected chi connectivity index (χ3v) is 3.94. The molecule has 1 aromatic heterocycles. The third-order valence-electron chi connectivity index (χ3n) is 3.37. The molecule has 0 aliphatic rings. The molecule has 0 aliphatic carbocycles. The Hall–Kier alpha value is -1.56. The van der Waals surface area contributed by atoms with Crippen molar-refractivity contribution in [1.29, 1.82) is 0 Å². The van der Waals surface area contributed by atoms with Crippen LogP contribution in [-0.2, 0) is 6.42 Å². The lowest BCUT2D eigenvalue weighted by atomic mass is 10.1. The van der Waals surface area contributed by atoms with Crippen LogP contribution in [0.2, 0.25) is 10.0 Å². The predicted molar refractivity (Wildman–Crippen MR) is 97.7 cm³/mol. The summed E-state index contributed by atoms with van der Waals surface area (Å²) in [7, 11) is 4.14. The Morgan fingerprint density at radius 1 is 1.22 bits per heavy atom. The first-order valence-electron chi connectivity index (χ1n) is 7.44. The molecule has 0 fully saturated rings. The Morgan fingerprint density at radius 3 is 2.70 bits per heavy atom. The number of aryl methyl sites for hydroxylation is 1. The molecule has 0 bridgehead atoms. The van der Waals surface area contributed by atoms with Crippen molar-refractivity contribution in [3.8, 4) is 0 Å².